The number of aliphatic hydroxyl groups excluding tert-OH is 1. The van der Waals surface area contributed by atoms with Crippen LogP contribution in [0.2, 0.25) is 0 Å². The Labute approximate surface area is 188 Å². The lowest BCUT2D eigenvalue weighted by atomic mass is 10.2. The van der Waals surface area contributed by atoms with Crippen molar-refractivity contribution in [1.82, 2.24) is 19.9 Å². The van der Waals surface area contributed by atoms with Gasteiger partial charge in [-0.2, -0.15) is 5.10 Å². The third-order valence-corrected chi connectivity index (χ3v) is 4.49. The Bertz CT molecular complexity index is 1270. The molecule has 2 heterocycles. The highest BCUT2D eigenvalue weighted by molar-refractivity contribution is 5.93. The zero-order valence-electron chi connectivity index (χ0n) is 17.4. The Hall–Kier alpha value is -4.51. The minimum Gasteiger partial charge on any atom is -0.504 e. The lowest BCUT2D eigenvalue weighted by molar-refractivity contribution is 0.233. The monoisotopic (exact) mass is 447 g/mol. The molecule has 0 aliphatic rings. The predicted molar refractivity (Wildman–Crippen MR) is 123 cm³/mol. The third-order valence-electron chi connectivity index (χ3n) is 4.49. The summed E-state index contributed by atoms with van der Waals surface area (Å²) in [6.45, 7) is 0.535. The molecule has 0 aliphatic heterocycles. The van der Waals surface area contributed by atoms with Crippen LogP contribution in [0, 0.1) is 0 Å². The molecule has 4 rings (SSSR count). The normalized spacial score (nSPS) is 11.1. The summed E-state index contributed by atoms with van der Waals surface area (Å²) in [6.07, 6.45) is 4.81. The summed E-state index contributed by atoms with van der Waals surface area (Å²) in [5, 5.41) is 35.1. The number of anilines is 3. The quantitative estimate of drug-likeness (QED) is 0.112. The molecule has 0 unspecified atom stereocenters. The standard InChI is InChI=1S/C22H21N7O4/c30-8-1-9-33-16-5-3-15(4-6-16)28-21-19-20(24-12-25-21)22(26-13-23-19)29-27-11-14-2-7-17(31)18(32)10-14/h2-7,10-13,30-32H,1,8-9H2,(H,23,26,29)(H,24,25,28)/b27-11+. The maximum atomic E-state index is 9.58. The first-order chi connectivity index (χ1) is 16.1. The molecule has 4 aromatic rings. The number of ether oxygens (including phenoxy) is 1. The molecule has 5 N–H and O–H groups in total. The fourth-order valence-corrected chi connectivity index (χ4v) is 2.87. The van der Waals surface area contributed by atoms with Gasteiger partial charge in [-0.25, -0.2) is 19.9 Å². The van der Waals surface area contributed by atoms with Gasteiger partial charge in [-0.3, -0.25) is 5.43 Å². The second kappa shape index (κ2) is 10.2. The summed E-state index contributed by atoms with van der Waals surface area (Å²) in [7, 11) is 0. The van der Waals surface area contributed by atoms with Crippen LogP contribution in [0.1, 0.15) is 12.0 Å². The summed E-state index contributed by atoms with van der Waals surface area (Å²) in [4.78, 5) is 17.0. The number of fused-ring (bicyclic) bond motifs is 1. The number of rotatable bonds is 9. The number of aromatic nitrogens is 4. The molecular formula is C22H21N7O4. The Morgan fingerprint density at radius 3 is 2.33 bits per heavy atom. The van der Waals surface area contributed by atoms with E-state index < -0.39 is 0 Å². The molecule has 0 saturated carbocycles. The third kappa shape index (κ3) is 5.40. The number of aliphatic hydroxyl groups is 1. The van der Waals surface area contributed by atoms with Crippen molar-refractivity contribution in [3.05, 3.63) is 60.7 Å². The van der Waals surface area contributed by atoms with Gasteiger partial charge >= 0.3 is 0 Å². The van der Waals surface area contributed by atoms with E-state index in [0.717, 1.165) is 5.69 Å². The zero-order valence-corrected chi connectivity index (χ0v) is 17.4. The number of hydrogen-bond donors (Lipinski definition) is 5. The maximum absolute atomic E-state index is 9.58. The Balaban J connectivity index is 1.50. The first-order valence-corrected chi connectivity index (χ1v) is 10.0. The minimum atomic E-state index is -0.236. The van der Waals surface area contributed by atoms with Crippen LogP contribution in [0.25, 0.3) is 11.0 Å². The maximum Gasteiger partial charge on any atom is 0.176 e. The molecule has 0 radical (unpaired) electrons. The van der Waals surface area contributed by atoms with Gasteiger partial charge < -0.3 is 25.4 Å². The van der Waals surface area contributed by atoms with Crippen LogP contribution < -0.4 is 15.5 Å². The van der Waals surface area contributed by atoms with Crippen LogP contribution >= 0.6 is 0 Å². The van der Waals surface area contributed by atoms with E-state index in [1.807, 2.05) is 24.3 Å². The molecule has 11 heteroatoms. The average Bonchev–Trinajstić information content (AvgIpc) is 2.83. The topological polar surface area (TPSA) is 158 Å². The molecule has 0 atom stereocenters. The van der Waals surface area contributed by atoms with Crippen molar-refractivity contribution < 1.29 is 20.1 Å². The van der Waals surface area contributed by atoms with Crippen molar-refractivity contribution in [3.8, 4) is 17.2 Å². The van der Waals surface area contributed by atoms with Gasteiger partial charge in [0, 0.05) is 18.7 Å². The number of aromatic hydroxyl groups is 2. The molecule has 33 heavy (non-hydrogen) atoms. The van der Waals surface area contributed by atoms with E-state index in [1.165, 1.54) is 31.0 Å². The highest BCUT2D eigenvalue weighted by Crippen LogP contribution is 2.26. The van der Waals surface area contributed by atoms with Gasteiger partial charge in [0.1, 0.15) is 29.4 Å². The van der Waals surface area contributed by atoms with Crippen molar-refractivity contribution in [2.45, 2.75) is 6.42 Å². The SMILES string of the molecule is OCCCOc1ccc(Nc2ncnc3c(N/N=C/c4ccc(O)c(O)c4)ncnc23)cc1. The van der Waals surface area contributed by atoms with Gasteiger partial charge in [0.05, 0.1) is 12.8 Å². The molecule has 0 bridgehead atoms. The minimum absolute atomic E-state index is 0.0881. The summed E-state index contributed by atoms with van der Waals surface area (Å²) in [5.74, 6) is 1.13. The number of benzene rings is 2. The lowest BCUT2D eigenvalue weighted by Crippen LogP contribution is -2.02. The molecule has 0 spiro atoms. The number of phenols is 2. The Kier molecular flexibility index (Phi) is 6.71. The largest absolute Gasteiger partial charge is 0.504 e. The van der Waals surface area contributed by atoms with Gasteiger partial charge in [-0.05, 0) is 48.0 Å². The van der Waals surface area contributed by atoms with E-state index in [4.69, 9.17) is 9.84 Å². The Morgan fingerprint density at radius 1 is 0.879 bits per heavy atom. The van der Waals surface area contributed by atoms with Gasteiger partial charge in [-0.15, -0.1) is 0 Å². The van der Waals surface area contributed by atoms with Gasteiger partial charge in [0.15, 0.2) is 23.1 Å². The van der Waals surface area contributed by atoms with Crippen LogP contribution in [0.3, 0.4) is 0 Å². The van der Waals surface area contributed by atoms with Crippen LogP contribution in [-0.4, -0.2) is 54.7 Å². The van der Waals surface area contributed by atoms with Crippen LogP contribution in [-0.2, 0) is 0 Å². The summed E-state index contributed by atoms with van der Waals surface area (Å²) >= 11 is 0. The van der Waals surface area contributed by atoms with Crippen molar-refractivity contribution in [3.63, 3.8) is 0 Å². The highest BCUT2D eigenvalue weighted by atomic mass is 16.5. The second-order valence-electron chi connectivity index (χ2n) is 6.83. The van der Waals surface area contributed by atoms with E-state index >= 15 is 0 Å². The molecule has 2 aromatic heterocycles. The molecule has 11 nitrogen and oxygen atoms in total. The molecule has 168 valence electrons. The van der Waals surface area contributed by atoms with Gasteiger partial charge in [0.2, 0.25) is 0 Å². The smallest absolute Gasteiger partial charge is 0.176 e. The molecular weight excluding hydrogens is 426 g/mol. The number of nitrogens with one attached hydrogen (secondary N) is 2. The molecule has 2 aromatic carbocycles. The van der Waals surface area contributed by atoms with Crippen molar-refractivity contribution in [2.75, 3.05) is 24.0 Å². The van der Waals surface area contributed by atoms with Crippen molar-refractivity contribution >= 4 is 34.6 Å². The number of phenolic OH excluding ortho intramolecular Hbond substituents is 2. The van der Waals surface area contributed by atoms with Crippen molar-refractivity contribution in [1.29, 1.82) is 0 Å². The molecule has 0 amide bonds. The van der Waals surface area contributed by atoms with E-state index in [1.54, 1.807) is 6.07 Å². The predicted octanol–water partition coefficient (Wildman–Crippen LogP) is 2.78. The average molecular weight is 447 g/mol. The van der Waals surface area contributed by atoms with Crippen LogP contribution in [0.4, 0.5) is 17.3 Å². The van der Waals surface area contributed by atoms with E-state index in [2.05, 4.69) is 35.8 Å². The fraction of sp³-hybridized carbons (Fsp3) is 0.136. The van der Waals surface area contributed by atoms with Gasteiger partial charge in [0.25, 0.3) is 0 Å². The molecule has 0 fully saturated rings. The first kappa shape index (κ1) is 21.7. The molecule has 0 aliphatic carbocycles. The summed E-state index contributed by atoms with van der Waals surface area (Å²) < 4.78 is 5.54. The highest BCUT2D eigenvalue weighted by Gasteiger charge is 2.10. The van der Waals surface area contributed by atoms with Crippen LogP contribution in [0.5, 0.6) is 17.2 Å². The fourth-order valence-electron chi connectivity index (χ4n) is 2.87. The second-order valence-corrected chi connectivity index (χ2v) is 6.83. The summed E-state index contributed by atoms with van der Waals surface area (Å²) in [5.41, 5.74) is 5.13. The van der Waals surface area contributed by atoms with Gasteiger partial charge in [-0.1, -0.05) is 0 Å². The first-order valence-electron chi connectivity index (χ1n) is 10.0. The summed E-state index contributed by atoms with van der Waals surface area (Å²) in [6, 6.07) is 11.7. The van der Waals surface area contributed by atoms with E-state index in [0.29, 0.717) is 47.0 Å². The number of hydrazone groups is 1. The zero-order chi connectivity index (χ0) is 23.0. The van der Waals surface area contributed by atoms with E-state index in [-0.39, 0.29) is 18.1 Å². The lowest BCUT2D eigenvalue weighted by Gasteiger charge is -2.10. The number of nitrogens with zero attached hydrogens (tertiary/aromatic N) is 5. The number of hydrogen-bond acceptors (Lipinski definition) is 11. The van der Waals surface area contributed by atoms with Crippen LogP contribution in [0.15, 0.2) is 60.2 Å². The van der Waals surface area contributed by atoms with Crippen molar-refractivity contribution in [2.24, 2.45) is 5.10 Å². The molecule has 0 saturated heterocycles. The Morgan fingerprint density at radius 2 is 1.61 bits per heavy atom. The van der Waals surface area contributed by atoms with E-state index in [9.17, 15) is 10.2 Å².